The molecule has 2 heterocycles. The second-order valence-electron chi connectivity index (χ2n) is 3.57. The molecule has 0 spiro atoms. The fraction of sp³-hybridized carbons (Fsp3) is 0.250. The molecule has 0 aliphatic heterocycles. The van der Waals surface area contributed by atoms with E-state index in [1.54, 1.807) is 12.4 Å². The third kappa shape index (κ3) is 1.86. The molecule has 0 saturated heterocycles. The molecular weight excluding hydrogens is 202 g/mol. The molecule has 1 N–H and O–H groups in total. The third-order valence-corrected chi connectivity index (χ3v) is 2.51. The maximum atomic E-state index is 11.7. The summed E-state index contributed by atoms with van der Waals surface area (Å²) in [5.41, 5.74) is 2.29. The predicted molar refractivity (Wildman–Crippen MR) is 62.2 cm³/mol. The molecule has 0 amide bonds. The quantitative estimate of drug-likeness (QED) is 0.829. The summed E-state index contributed by atoms with van der Waals surface area (Å²) >= 11 is 0. The Labute approximate surface area is 93.4 Å². The summed E-state index contributed by atoms with van der Waals surface area (Å²) in [6, 6.07) is 3.69. The number of aromatic nitrogens is 3. The van der Waals surface area contributed by atoms with Crippen LogP contribution in [0.1, 0.15) is 18.2 Å². The molecule has 4 heteroatoms. The van der Waals surface area contributed by atoms with Gasteiger partial charge in [0, 0.05) is 29.2 Å². The van der Waals surface area contributed by atoms with Crippen LogP contribution in [-0.2, 0) is 6.42 Å². The van der Waals surface area contributed by atoms with Crippen molar-refractivity contribution in [1.29, 1.82) is 0 Å². The van der Waals surface area contributed by atoms with E-state index in [1.165, 1.54) is 0 Å². The molecule has 0 atom stereocenters. The summed E-state index contributed by atoms with van der Waals surface area (Å²) in [7, 11) is 0. The van der Waals surface area contributed by atoms with Gasteiger partial charge in [-0.1, -0.05) is 6.92 Å². The average molecular weight is 215 g/mol. The molecular formula is C12H13N3O. The normalized spacial score (nSPS) is 10.4. The highest BCUT2D eigenvalue weighted by molar-refractivity contribution is 5.53. The molecule has 2 aromatic rings. The van der Waals surface area contributed by atoms with Crippen LogP contribution < -0.4 is 5.56 Å². The molecule has 0 unspecified atom stereocenters. The van der Waals surface area contributed by atoms with Crippen molar-refractivity contribution in [3.63, 3.8) is 0 Å². The molecule has 0 saturated carbocycles. The van der Waals surface area contributed by atoms with Crippen molar-refractivity contribution in [2.45, 2.75) is 20.3 Å². The minimum atomic E-state index is -0.0612. The van der Waals surface area contributed by atoms with Gasteiger partial charge in [0.05, 0.1) is 0 Å². The van der Waals surface area contributed by atoms with Gasteiger partial charge in [-0.05, 0) is 25.5 Å². The zero-order chi connectivity index (χ0) is 11.5. The lowest BCUT2D eigenvalue weighted by molar-refractivity contribution is 0.966. The Balaban J connectivity index is 2.57. The summed E-state index contributed by atoms with van der Waals surface area (Å²) in [5.74, 6) is 0.577. The summed E-state index contributed by atoms with van der Waals surface area (Å²) in [5, 5.41) is 0. The van der Waals surface area contributed by atoms with E-state index in [-0.39, 0.29) is 5.56 Å². The second-order valence-corrected chi connectivity index (χ2v) is 3.57. The van der Waals surface area contributed by atoms with E-state index < -0.39 is 0 Å². The lowest BCUT2D eigenvalue weighted by Gasteiger charge is -2.04. The van der Waals surface area contributed by atoms with E-state index in [2.05, 4.69) is 15.0 Å². The number of hydrogen-bond donors (Lipinski definition) is 1. The smallest absolute Gasteiger partial charge is 0.254 e. The van der Waals surface area contributed by atoms with E-state index in [4.69, 9.17) is 0 Å². The summed E-state index contributed by atoms with van der Waals surface area (Å²) < 4.78 is 0. The first-order chi connectivity index (χ1) is 7.72. The van der Waals surface area contributed by atoms with Crippen molar-refractivity contribution >= 4 is 0 Å². The van der Waals surface area contributed by atoms with E-state index in [0.29, 0.717) is 12.2 Å². The van der Waals surface area contributed by atoms with E-state index in [1.807, 2.05) is 26.0 Å². The van der Waals surface area contributed by atoms with E-state index in [9.17, 15) is 4.79 Å². The molecule has 16 heavy (non-hydrogen) atoms. The maximum absolute atomic E-state index is 11.7. The van der Waals surface area contributed by atoms with Crippen LogP contribution in [0.5, 0.6) is 0 Å². The van der Waals surface area contributed by atoms with Crippen LogP contribution in [0, 0.1) is 6.92 Å². The molecule has 0 aliphatic carbocycles. The van der Waals surface area contributed by atoms with Gasteiger partial charge in [-0.25, -0.2) is 4.98 Å². The van der Waals surface area contributed by atoms with Crippen molar-refractivity contribution in [1.82, 2.24) is 15.0 Å². The summed E-state index contributed by atoms with van der Waals surface area (Å²) in [6.07, 6.45) is 4.07. The van der Waals surface area contributed by atoms with Gasteiger partial charge in [-0.3, -0.25) is 9.78 Å². The molecule has 0 aliphatic rings. The van der Waals surface area contributed by atoms with Gasteiger partial charge >= 0.3 is 0 Å². The predicted octanol–water partition coefficient (Wildman–Crippen LogP) is 1.70. The molecule has 2 aromatic heterocycles. The van der Waals surface area contributed by atoms with Crippen LogP contribution in [0.3, 0.4) is 0 Å². The second kappa shape index (κ2) is 4.26. The molecule has 82 valence electrons. The zero-order valence-corrected chi connectivity index (χ0v) is 9.32. The van der Waals surface area contributed by atoms with Gasteiger partial charge < -0.3 is 4.98 Å². The van der Waals surface area contributed by atoms with Crippen LogP contribution in [-0.4, -0.2) is 15.0 Å². The maximum Gasteiger partial charge on any atom is 0.254 e. The van der Waals surface area contributed by atoms with Crippen LogP contribution in [0.25, 0.3) is 11.4 Å². The van der Waals surface area contributed by atoms with Gasteiger partial charge in [-0.2, -0.15) is 0 Å². The molecule has 0 fully saturated rings. The number of H-pyrrole nitrogens is 1. The lowest BCUT2D eigenvalue weighted by Crippen LogP contribution is -2.16. The topological polar surface area (TPSA) is 58.6 Å². The van der Waals surface area contributed by atoms with Gasteiger partial charge in [-0.15, -0.1) is 0 Å². The SMILES string of the molecule is CCc1c(C)nc(-c2cccnc2)[nH]c1=O. The monoisotopic (exact) mass is 215 g/mol. The first-order valence-corrected chi connectivity index (χ1v) is 5.22. The minimum Gasteiger partial charge on any atom is -0.306 e. The Morgan fingerprint density at radius 2 is 2.25 bits per heavy atom. The van der Waals surface area contributed by atoms with Gasteiger partial charge in [0.15, 0.2) is 0 Å². The summed E-state index contributed by atoms with van der Waals surface area (Å²) in [6.45, 7) is 3.80. The van der Waals surface area contributed by atoms with Crippen LogP contribution >= 0.6 is 0 Å². The molecule has 0 bridgehead atoms. The standard InChI is InChI=1S/C12H13N3O/c1-3-10-8(2)14-11(15-12(10)16)9-5-4-6-13-7-9/h4-7H,3H2,1-2H3,(H,14,15,16). The summed E-state index contributed by atoms with van der Waals surface area (Å²) in [4.78, 5) is 22.9. The number of aromatic amines is 1. The van der Waals surface area contributed by atoms with Crippen molar-refractivity contribution in [2.24, 2.45) is 0 Å². The van der Waals surface area contributed by atoms with Crippen molar-refractivity contribution < 1.29 is 0 Å². The molecule has 4 nitrogen and oxygen atoms in total. The van der Waals surface area contributed by atoms with E-state index >= 15 is 0 Å². The lowest BCUT2D eigenvalue weighted by atomic mass is 10.2. The Kier molecular flexibility index (Phi) is 2.81. The van der Waals surface area contributed by atoms with Crippen molar-refractivity contribution in [3.05, 3.63) is 46.1 Å². The Hall–Kier alpha value is -1.97. The fourth-order valence-corrected chi connectivity index (χ4v) is 1.67. The highest BCUT2D eigenvalue weighted by atomic mass is 16.1. The molecule has 0 aromatic carbocycles. The van der Waals surface area contributed by atoms with Gasteiger partial charge in [0.2, 0.25) is 0 Å². The minimum absolute atomic E-state index is 0.0612. The Morgan fingerprint density at radius 3 is 2.81 bits per heavy atom. The fourth-order valence-electron chi connectivity index (χ4n) is 1.67. The number of aryl methyl sites for hydroxylation is 1. The first kappa shape index (κ1) is 10.5. The van der Waals surface area contributed by atoms with Crippen LogP contribution in [0.4, 0.5) is 0 Å². The van der Waals surface area contributed by atoms with Crippen molar-refractivity contribution in [3.8, 4) is 11.4 Å². The highest BCUT2D eigenvalue weighted by Gasteiger charge is 2.07. The highest BCUT2D eigenvalue weighted by Crippen LogP contribution is 2.12. The Morgan fingerprint density at radius 1 is 1.44 bits per heavy atom. The first-order valence-electron chi connectivity index (χ1n) is 5.22. The average Bonchev–Trinajstić information content (AvgIpc) is 2.30. The number of nitrogens with one attached hydrogen (secondary N) is 1. The number of hydrogen-bond acceptors (Lipinski definition) is 3. The van der Waals surface area contributed by atoms with Gasteiger partial charge in [0.1, 0.15) is 5.82 Å². The molecule has 2 rings (SSSR count). The third-order valence-electron chi connectivity index (χ3n) is 2.51. The number of nitrogens with zero attached hydrogens (tertiary/aromatic N) is 2. The molecule has 0 radical (unpaired) electrons. The van der Waals surface area contributed by atoms with Crippen molar-refractivity contribution in [2.75, 3.05) is 0 Å². The van der Waals surface area contributed by atoms with Crippen LogP contribution in [0.2, 0.25) is 0 Å². The van der Waals surface area contributed by atoms with E-state index in [0.717, 1.165) is 16.8 Å². The number of pyridine rings is 1. The number of rotatable bonds is 2. The Bertz CT molecular complexity index is 546. The largest absolute Gasteiger partial charge is 0.306 e. The zero-order valence-electron chi connectivity index (χ0n) is 9.32. The van der Waals surface area contributed by atoms with Crippen LogP contribution in [0.15, 0.2) is 29.3 Å². The van der Waals surface area contributed by atoms with Gasteiger partial charge in [0.25, 0.3) is 5.56 Å².